The Morgan fingerprint density at radius 2 is 1.76 bits per heavy atom. The Balaban J connectivity index is 1.51. The number of benzene rings is 1. The summed E-state index contributed by atoms with van der Waals surface area (Å²) in [5.41, 5.74) is 2.16. The first kappa shape index (κ1) is 14.5. The zero-order chi connectivity index (χ0) is 14.7. The SMILES string of the molecule is O=C(O)Cc1ccc(CN2CCC(N3CCCC3)C2)cc1. The van der Waals surface area contributed by atoms with E-state index in [9.17, 15) is 4.79 Å². The first-order valence-corrected chi connectivity index (χ1v) is 7.97. The van der Waals surface area contributed by atoms with Crippen molar-refractivity contribution in [1.29, 1.82) is 0 Å². The third kappa shape index (κ3) is 3.83. The van der Waals surface area contributed by atoms with E-state index >= 15 is 0 Å². The largest absolute Gasteiger partial charge is 0.481 e. The van der Waals surface area contributed by atoms with Crippen LogP contribution in [0.5, 0.6) is 0 Å². The minimum Gasteiger partial charge on any atom is -0.481 e. The number of rotatable bonds is 5. The molecule has 0 bridgehead atoms. The van der Waals surface area contributed by atoms with Crippen LogP contribution in [0.15, 0.2) is 24.3 Å². The zero-order valence-corrected chi connectivity index (χ0v) is 12.5. The van der Waals surface area contributed by atoms with Gasteiger partial charge >= 0.3 is 5.97 Å². The molecule has 2 saturated heterocycles. The number of carbonyl (C=O) groups is 1. The summed E-state index contributed by atoms with van der Waals surface area (Å²) in [6, 6.07) is 8.77. The summed E-state index contributed by atoms with van der Waals surface area (Å²) in [6.45, 7) is 5.90. The van der Waals surface area contributed by atoms with Gasteiger partial charge in [-0.1, -0.05) is 24.3 Å². The second-order valence-corrected chi connectivity index (χ2v) is 6.31. The van der Waals surface area contributed by atoms with Gasteiger partial charge in [0.1, 0.15) is 0 Å². The van der Waals surface area contributed by atoms with Gasteiger partial charge in [0.15, 0.2) is 0 Å². The minimum atomic E-state index is -0.768. The lowest BCUT2D eigenvalue weighted by Gasteiger charge is -2.23. The van der Waals surface area contributed by atoms with Crippen molar-refractivity contribution < 1.29 is 9.90 Å². The molecule has 1 aromatic rings. The molecule has 3 rings (SSSR count). The van der Waals surface area contributed by atoms with Crippen molar-refractivity contribution in [2.75, 3.05) is 26.2 Å². The smallest absolute Gasteiger partial charge is 0.307 e. The monoisotopic (exact) mass is 288 g/mol. The summed E-state index contributed by atoms with van der Waals surface area (Å²) in [4.78, 5) is 15.9. The van der Waals surface area contributed by atoms with Gasteiger partial charge in [0.2, 0.25) is 0 Å². The van der Waals surface area contributed by atoms with Crippen molar-refractivity contribution in [3.05, 3.63) is 35.4 Å². The fourth-order valence-corrected chi connectivity index (χ4v) is 3.56. The van der Waals surface area contributed by atoms with Gasteiger partial charge in [-0.25, -0.2) is 0 Å². The highest BCUT2D eigenvalue weighted by Gasteiger charge is 2.28. The minimum absolute atomic E-state index is 0.112. The van der Waals surface area contributed by atoms with Gasteiger partial charge in [-0.3, -0.25) is 14.6 Å². The van der Waals surface area contributed by atoms with Gasteiger partial charge in [0.05, 0.1) is 6.42 Å². The Bertz CT molecular complexity index is 480. The summed E-state index contributed by atoms with van der Waals surface area (Å²) >= 11 is 0. The molecule has 2 fully saturated rings. The molecular weight excluding hydrogens is 264 g/mol. The van der Waals surface area contributed by atoms with Crippen LogP contribution in [0, 0.1) is 0 Å². The lowest BCUT2D eigenvalue weighted by Crippen LogP contribution is -2.35. The maximum atomic E-state index is 10.7. The average Bonchev–Trinajstić information content (AvgIpc) is 3.11. The fraction of sp³-hybridized carbons (Fsp3) is 0.588. The van der Waals surface area contributed by atoms with Crippen LogP contribution in [-0.4, -0.2) is 53.1 Å². The predicted molar refractivity (Wildman–Crippen MR) is 82.3 cm³/mol. The molecule has 0 aliphatic carbocycles. The standard InChI is InChI=1S/C17H24N2O2/c20-17(21)11-14-3-5-15(6-4-14)12-18-10-7-16(13-18)19-8-1-2-9-19/h3-6,16H,1-2,7-13H2,(H,20,21). The lowest BCUT2D eigenvalue weighted by molar-refractivity contribution is -0.136. The highest BCUT2D eigenvalue weighted by Crippen LogP contribution is 2.21. The Kier molecular flexibility index (Phi) is 4.56. The van der Waals surface area contributed by atoms with E-state index in [-0.39, 0.29) is 6.42 Å². The van der Waals surface area contributed by atoms with E-state index in [4.69, 9.17) is 5.11 Å². The first-order chi connectivity index (χ1) is 10.2. The molecule has 0 saturated carbocycles. The summed E-state index contributed by atoms with van der Waals surface area (Å²) in [5, 5.41) is 8.79. The zero-order valence-electron chi connectivity index (χ0n) is 12.5. The van der Waals surface area contributed by atoms with E-state index in [1.807, 2.05) is 12.1 Å². The number of likely N-dealkylation sites (tertiary alicyclic amines) is 2. The quantitative estimate of drug-likeness (QED) is 0.900. The molecule has 1 N–H and O–H groups in total. The van der Waals surface area contributed by atoms with Gasteiger partial charge < -0.3 is 5.11 Å². The van der Waals surface area contributed by atoms with Crippen molar-refractivity contribution in [3.63, 3.8) is 0 Å². The molecule has 4 nitrogen and oxygen atoms in total. The third-order valence-electron chi connectivity index (χ3n) is 4.69. The molecule has 2 heterocycles. The molecule has 4 heteroatoms. The molecule has 1 unspecified atom stereocenters. The molecule has 0 amide bonds. The summed E-state index contributed by atoms with van der Waals surface area (Å²) in [6.07, 6.45) is 4.13. The highest BCUT2D eigenvalue weighted by atomic mass is 16.4. The highest BCUT2D eigenvalue weighted by molar-refractivity contribution is 5.70. The summed E-state index contributed by atoms with van der Waals surface area (Å²) < 4.78 is 0. The molecule has 1 atom stereocenters. The topological polar surface area (TPSA) is 43.8 Å². The van der Waals surface area contributed by atoms with Crippen LogP contribution in [0.2, 0.25) is 0 Å². The molecule has 0 spiro atoms. The first-order valence-electron chi connectivity index (χ1n) is 7.97. The molecule has 2 aliphatic rings. The number of hydrogen-bond donors (Lipinski definition) is 1. The van der Waals surface area contributed by atoms with E-state index < -0.39 is 5.97 Å². The van der Waals surface area contributed by atoms with Crippen molar-refractivity contribution in [3.8, 4) is 0 Å². The Morgan fingerprint density at radius 3 is 2.43 bits per heavy atom. The van der Waals surface area contributed by atoms with Crippen LogP contribution in [0.1, 0.15) is 30.4 Å². The fourth-order valence-electron chi connectivity index (χ4n) is 3.56. The van der Waals surface area contributed by atoms with Crippen LogP contribution in [-0.2, 0) is 17.8 Å². The van der Waals surface area contributed by atoms with E-state index in [1.54, 1.807) is 0 Å². The van der Waals surface area contributed by atoms with E-state index in [0.29, 0.717) is 0 Å². The van der Waals surface area contributed by atoms with Gasteiger partial charge in [0.25, 0.3) is 0 Å². The molecule has 0 radical (unpaired) electrons. The van der Waals surface area contributed by atoms with E-state index in [2.05, 4.69) is 21.9 Å². The Hall–Kier alpha value is -1.39. The number of carboxylic acids is 1. The van der Waals surface area contributed by atoms with Crippen LogP contribution >= 0.6 is 0 Å². The van der Waals surface area contributed by atoms with E-state index in [0.717, 1.165) is 18.2 Å². The Morgan fingerprint density at radius 1 is 1.10 bits per heavy atom. The summed E-state index contributed by atoms with van der Waals surface area (Å²) in [7, 11) is 0. The number of aliphatic carboxylic acids is 1. The van der Waals surface area contributed by atoms with Gasteiger partial charge in [-0.2, -0.15) is 0 Å². The van der Waals surface area contributed by atoms with Gasteiger partial charge in [0, 0.05) is 25.7 Å². The van der Waals surface area contributed by atoms with Crippen molar-refractivity contribution in [2.45, 2.75) is 38.3 Å². The number of carboxylic acid groups (broad SMARTS) is 1. The molecular formula is C17H24N2O2. The predicted octanol–water partition coefficient (Wildman–Crippen LogP) is 1.98. The Labute approximate surface area is 126 Å². The molecule has 21 heavy (non-hydrogen) atoms. The summed E-state index contributed by atoms with van der Waals surface area (Å²) in [5.74, 6) is -0.768. The van der Waals surface area contributed by atoms with Crippen molar-refractivity contribution in [1.82, 2.24) is 9.80 Å². The number of hydrogen-bond acceptors (Lipinski definition) is 3. The second kappa shape index (κ2) is 6.58. The molecule has 1 aromatic carbocycles. The second-order valence-electron chi connectivity index (χ2n) is 6.31. The number of nitrogens with zero attached hydrogens (tertiary/aromatic N) is 2. The maximum absolute atomic E-state index is 10.7. The molecule has 2 aliphatic heterocycles. The van der Waals surface area contributed by atoms with Crippen LogP contribution in [0.3, 0.4) is 0 Å². The van der Waals surface area contributed by atoms with Crippen molar-refractivity contribution in [2.24, 2.45) is 0 Å². The van der Waals surface area contributed by atoms with Crippen LogP contribution < -0.4 is 0 Å². The third-order valence-corrected chi connectivity index (χ3v) is 4.69. The van der Waals surface area contributed by atoms with Crippen LogP contribution in [0.4, 0.5) is 0 Å². The van der Waals surface area contributed by atoms with Crippen molar-refractivity contribution >= 4 is 5.97 Å². The lowest BCUT2D eigenvalue weighted by atomic mass is 10.1. The average molecular weight is 288 g/mol. The van der Waals surface area contributed by atoms with Gasteiger partial charge in [-0.15, -0.1) is 0 Å². The van der Waals surface area contributed by atoms with Gasteiger partial charge in [-0.05, 0) is 43.5 Å². The maximum Gasteiger partial charge on any atom is 0.307 e. The van der Waals surface area contributed by atoms with Crippen LogP contribution in [0.25, 0.3) is 0 Å². The normalized spacial score (nSPS) is 23.7. The molecule has 114 valence electrons. The molecule has 0 aromatic heterocycles. The van der Waals surface area contributed by atoms with E-state index in [1.165, 1.54) is 51.0 Å².